The van der Waals surface area contributed by atoms with Crippen molar-refractivity contribution < 1.29 is 9.26 Å². The molecule has 1 unspecified atom stereocenters. The molecule has 0 fully saturated rings. The molecule has 3 aromatic carbocycles. The summed E-state index contributed by atoms with van der Waals surface area (Å²) in [5, 5.41) is 8.40. The van der Waals surface area contributed by atoms with Crippen LogP contribution in [0, 0.1) is 13.8 Å². The molecule has 7 heteroatoms. The highest BCUT2D eigenvalue weighted by Crippen LogP contribution is 2.40. The van der Waals surface area contributed by atoms with Crippen molar-refractivity contribution in [1.82, 2.24) is 15.5 Å². The number of aryl methyl sites for hydroxylation is 2. The van der Waals surface area contributed by atoms with Crippen LogP contribution in [0.5, 0.6) is 5.75 Å². The number of ether oxygens (including phenoxy) is 1. The smallest absolute Gasteiger partial charge is 0.258 e. The second-order valence-electron chi connectivity index (χ2n) is 8.62. The number of nitrogens with one attached hydrogen (secondary N) is 1. The van der Waals surface area contributed by atoms with Crippen LogP contribution in [-0.2, 0) is 0 Å². The van der Waals surface area contributed by atoms with Crippen molar-refractivity contribution in [2.24, 2.45) is 0 Å². The van der Waals surface area contributed by atoms with E-state index in [-0.39, 0.29) is 6.04 Å². The monoisotopic (exact) mass is 482 g/mol. The molecule has 6 nitrogen and oxygen atoms in total. The number of hydrogen-bond donors (Lipinski definition) is 1. The lowest BCUT2D eigenvalue weighted by atomic mass is 9.94. The number of thiocarbonyl (C=S) groups is 1. The van der Waals surface area contributed by atoms with Crippen LogP contribution < -0.4 is 15.0 Å². The minimum absolute atomic E-state index is 0.287. The highest BCUT2D eigenvalue weighted by atomic mass is 32.1. The maximum atomic E-state index is 5.86. The first-order chi connectivity index (χ1) is 16.9. The van der Waals surface area contributed by atoms with E-state index in [9.17, 15) is 0 Å². The fraction of sp³-hybridized carbons (Fsp3) is 0.179. The number of rotatable bonds is 5. The molecule has 2 heterocycles. The normalized spacial score (nSPS) is 15.8. The van der Waals surface area contributed by atoms with Crippen LogP contribution in [0.3, 0.4) is 0 Å². The predicted octanol–water partition coefficient (Wildman–Crippen LogP) is 6.23. The van der Waals surface area contributed by atoms with Gasteiger partial charge in [-0.3, -0.25) is 4.90 Å². The van der Waals surface area contributed by atoms with Crippen molar-refractivity contribution in [3.8, 4) is 17.1 Å². The molecule has 1 aliphatic heterocycles. The van der Waals surface area contributed by atoms with Gasteiger partial charge in [0.05, 0.1) is 18.7 Å². The molecule has 176 valence electrons. The summed E-state index contributed by atoms with van der Waals surface area (Å²) in [4.78, 5) is 6.82. The molecule has 0 bridgehead atoms. The third-order valence-electron chi connectivity index (χ3n) is 6.14. The summed E-state index contributed by atoms with van der Waals surface area (Å²) >= 11 is 5.84. The lowest BCUT2D eigenvalue weighted by Gasteiger charge is -2.37. The lowest BCUT2D eigenvalue weighted by Crippen LogP contribution is -2.46. The van der Waals surface area contributed by atoms with Gasteiger partial charge in [0.1, 0.15) is 5.75 Å². The Morgan fingerprint density at radius 1 is 0.943 bits per heavy atom. The quantitative estimate of drug-likeness (QED) is 0.338. The van der Waals surface area contributed by atoms with Gasteiger partial charge in [-0.05, 0) is 68.9 Å². The molecule has 1 atom stereocenters. The summed E-state index contributed by atoms with van der Waals surface area (Å²) < 4.78 is 11.3. The van der Waals surface area contributed by atoms with Crippen molar-refractivity contribution in [2.75, 3.05) is 12.0 Å². The molecule has 5 rings (SSSR count). The Morgan fingerprint density at radius 3 is 2.46 bits per heavy atom. The van der Waals surface area contributed by atoms with Gasteiger partial charge in [-0.25, -0.2) is 0 Å². The Kier molecular flexibility index (Phi) is 6.09. The van der Waals surface area contributed by atoms with Gasteiger partial charge in [0.15, 0.2) is 5.11 Å². The van der Waals surface area contributed by atoms with Crippen molar-refractivity contribution in [3.63, 3.8) is 0 Å². The van der Waals surface area contributed by atoms with Crippen LogP contribution in [0.25, 0.3) is 17.0 Å². The zero-order valence-corrected chi connectivity index (χ0v) is 20.9. The summed E-state index contributed by atoms with van der Waals surface area (Å²) in [7, 11) is 1.66. The standard InChI is InChI=1S/C28H26N4O2S/c1-17-11-13-22(14-12-17)32-19(3)24(25(29-28(32)35)20-8-6-10-23(16-20)33-4)27-30-26(31-34-27)21-9-5-7-18(2)15-21/h5-16,25H,1-4H3,(H,29,35). The molecular formula is C28H26N4O2S. The molecule has 4 aromatic rings. The van der Waals surface area contributed by atoms with E-state index in [0.29, 0.717) is 16.8 Å². The summed E-state index contributed by atoms with van der Waals surface area (Å²) in [6.07, 6.45) is 0. The van der Waals surface area contributed by atoms with Gasteiger partial charge < -0.3 is 14.6 Å². The van der Waals surface area contributed by atoms with Gasteiger partial charge in [0, 0.05) is 16.9 Å². The second-order valence-corrected chi connectivity index (χ2v) is 9.01. The van der Waals surface area contributed by atoms with Gasteiger partial charge in [0.2, 0.25) is 5.82 Å². The topological polar surface area (TPSA) is 63.4 Å². The van der Waals surface area contributed by atoms with E-state index in [1.807, 2.05) is 67.3 Å². The molecule has 0 aliphatic carbocycles. The second kappa shape index (κ2) is 9.35. The number of allylic oxidation sites excluding steroid dienone is 1. The first-order valence-electron chi connectivity index (χ1n) is 11.4. The summed E-state index contributed by atoms with van der Waals surface area (Å²) in [5.41, 5.74) is 6.95. The van der Waals surface area contributed by atoms with E-state index in [4.69, 9.17) is 26.5 Å². The molecule has 0 saturated carbocycles. The predicted molar refractivity (Wildman–Crippen MR) is 142 cm³/mol. The minimum atomic E-state index is -0.287. The first kappa shape index (κ1) is 22.8. The van der Waals surface area contributed by atoms with E-state index in [1.165, 1.54) is 5.56 Å². The third-order valence-corrected chi connectivity index (χ3v) is 6.44. The van der Waals surface area contributed by atoms with Crippen LogP contribution in [0.15, 0.2) is 83.0 Å². The minimum Gasteiger partial charge on any atom is -0.497 e. The molecule has 1 aromatic heterocycles. The molecule has 1 aliphatic rings. The zero-order valence-electron chi connectivity index (χ0n) is 20.1. The van der Waals surface area contributed by atoms with Gasteiger partial charge in [-0.1, -0.05) is 58.7 Å². The van der Waals surface area contributed by atoms with Crippen molar-refractivity contribution in [2.45, 2.75) is 26.8 Å². The van der Waals surface area contributed by atoms with Gasteiger partial charge in [0.25, 0.3) is 5.89 Å². The zero-order chi connectivity index (χ0) is 24.5. The van der Waals surface area contributed by atoms with Crippen molar-refractivity contribution in [1.29, 1.82) is 0 Å². The fourth-order valence-electron chi connectivity index (χ4n) is 4.33. The Morgan fingerprint density at radius 2 is 1.71 bits per heavy atom. The molecule has 0 amide bonds. The van der Waals surface area contributed by atoms with E-state index in [2.05, 4.69) is 41.7 Å². The summed E-state index contributed by atoms with van der Waals surface area (Å²) in [5.74, 6) is 1.75. The van der Waals surface area contributed by atoms with Crippen LogP contribution in [0.4, 0.5) is 5.69 Å². The number of hydrogen-bond acceptors (Lipinski definition) is 5. The Balaban J connectivity index is 1.66. The van der Waals surface area contributed by atoms with E-state index in [0.717, 1.165) is 39.4 Å². The van der Waals surface area contributed by atoms with E-state index < -0.39 is 0 Å². The maximum absolute atomic E-state index is 5.86. The van der Waals surface area contributed by atoms with Crippen LogP contribution in [-0.4, -0.2) is 22.4 Å². The maximum Gasteiger partial charge on any atom is 0.258 e. The van der Waals surface area contributed by atoms with Crippen LogP contribution in [0.1, 0.15) is 35.5 Å². The van der Waals surface area contributed by atoms with Crippen LogP contribution >= 0.6 is 12.2 Å². The van der Waals surface area contributed by atoms with Gasteiger partial charge in [-0.15, -0.1) is 0 Å². The molecule has 35 heavy (non-hydrogen) atoms. The van der Waals surface area contributed by atoms with E-state index in [1.54, 1.807) is 7.11 Å². The average Bonchev–Trinajstić information content (AvgIpc) is 3.35. The Hall–Kier alpha value is -3.97. The first-order valence-corrected chi connectivity index (χ1v) is 11.8. The highest BCUT2D eigenvalue weighted by molar-refractivity contribution is 7.80. The molecule has 1 N–H and O–H groups in total. The van der Waals surface area contributed by atoms with E-state index >= 15 is 0 Å². The van der Waals surface area contributed by atoms with Gasteiger partial charge in [-0.2, -0.15) is 4.98 Å². The van der Waals surface area contributed by atoms with Crippen molar-refractivity contribution in [3.05, 3.63) is 101 Å². The number of anilines is 1. The number of benzene rings is 3. The average molecular weight is 483 g/mol. The SMILES string of the molecule is COc1cccc(C2NC(=S)N(c3ccc(C)cc3)C(C)=C2c2nc(-c3cccc(C)c3)no2)c1. The Labute approximate surface area is 210 Å². The van der Waals surface area contributed by atoms with Gasteiger partial charge >= 0.3 is 0 Å². The fourth-order valence-corrected chi connectivity index (χ4v) is 4.69. The number of methoxy groups -OCH3 is 1. The van der Waals surface area contributed by atoms with Crippen molar-refractivity contribution >= 4 is 28.6 Å². The number of aromatic nitrogens is 2. The van der Waals surface area contributed by atoms with Crippen LogP contribution in [0.2, 0.25) is 0 Å². The number of nitrogens with zero attached hydrogens (tertiary/aromatic N) is 3. The third kappa shape index (κ3) is 4.42. The molecular weight excluding hydrogens is 456 g/mol. The molecule has 0 spiro atoms. The molecule has 0 saturated heterocycles. The Bertz CT molecular complexity index is 1420. The largest absolute Gasteiger partial charge is 0.497 e. The summed E-state index contributed by atoms with van der Waals surface area (Å²) in [6, 6.07) is 23.9. The molecule has 0 radical (unpaired) electrons. The lowest BCUT2D eigenvalue weighted by molar-refractivity contribution is 0.403. The summed E-state index contributed by atoms with van der Waals surface area (Å²) in [6.45, 7) is 6.14. The highest BCUT2D eigenvalue weighted by Gasteiger charge is 2.35.